The molecule has 0 aliphatic carbocycles. The fourth-order valence-corrected chi connectivity index (χ4v) is 3.38. The minimum Gasteiger partial charge on any atom is -0.493 e. The average molecular weight is 395 g/mol. The van der Waals surface area contributed by atoms with Gasteiger partial charge in [0.25, 0.3) is 0 Å². The van der Waals surface area contributed by atoms with E-state index < -0.39 is 6.10 Å². The standard InChI is InChI=1S/C22H38N2O4/c1-17(2)23(4)14-19(26)15-28-21-12-18(6-7-20(21)27-5)13-24-10-8-22(3,16-25)9-11-24/h6-7,12,17,19,25-26H,8-11,13-16H2,1-5H3/t19-/m1/s1. The van der Waals surface area contributed by atoms with E-state index in [0.29, 0.717) is 24.1 Å². The Morgan fingerprint density at radius 2 is 1.89 bits per heavy atom. The highest BCUT2D eigenvalue weighted by Gasteiger charge is 2.29. The van der Waals surface area contributed by atoms with Crippen LogP contribution < -0.4 is 9.47 Å². The van der Waals surface area contributed by atoms with Crippen LogP contribution in [0.25, 0.3) is 0 Å². The molecule has 1 aromatic rings. The third-order valence-corrected chi connectivity index (χ3v) is 5.89. The smallest absolute Gasteiger partial charge is 0.161 e. The molecule has 1 heterocycles. The molecule has 1 aliphatic rings. The molecule has 1 atom stereocenters. The number of piperidine rings is 1. The van der Waals surface area contributed by atoms with E-state index in [-0.39, 0.29) is 18.6 Å². The van der Waals surface area contributed by atoms with Gasteiger partial charge in [0.1, 0.15) is 12.7 Å². The molecule has 0 unspecified atom stereocenters. The number of hydrogen-bond donors (Lipinski definition) is 2. The molecule has 1 aliphatic heterocycles. The number of aliphatic hydroxyl groups is 2. The lowest BCUT2D eigenvalue weighted by Gasteiger charge is -2.38. The third-order valence-electron chi connectivity index (χ3n) is 5.89. The van der Waals surface area contributed by atoms with E-state index in [0.717, 1.165) is 38.0 Å². The monoisotopic (exact) mass is 394 g/mol. The number of hydrogen-bond acceptors (Lipinski definition) is 6. The lowest BCUT2D eigenvalue weighted by molar-refractivity contribution is 0.0555. The van der Waals surface area contributed by atoms with Crippen molar-refractivity contribution in [3.63, 3.8) is 0 Å². The summed E-state index contributed by atoms with van der Waals surface area (Å²) in [5.74, 6) is 1.35. The minimum absolute atomic E-state index is 0.0595. The molecule has 28 heavy (non-hydrogen) atoms. The van der Waals surface area contributed by atoms with Crippen molar-refractivity contribution in [1.29, 1.82) is 0 Å². The van der Waals surface area contributed by atoms with Crippen LogP contribution in [0, 0.1) is 5.41 Å². The van der Waals surface area contributed by atoms with Gasteiger partial charge >= 0.3 is 0 Å². The molecular weight excluding hydrogens is 356 g/mol. The summed E-state index contributed by atoms with van der Waals surface area (Å²) in [6, 6.07) is 6.38. The molecule has 6 nitrogen and oxygen atoms in total. The van der Waals surface area contributed by atoms with Crippen LogP contribution in [-0.2, 0) is 6.54 Å². The SMILES string of the molecule is COc1ccc(CN2CCC(C)(CO)CC2)cc1OC[C@H](O)CN(C)C(C)C. The Balaban J connectivity index is 1.94. The van der Waals surface area contributed by atoms with E-state index in [1.807, 2.05) is 19.2 Å². The number of likely N-dealkylation sites (tertiary alicyclic amines) is 1. The van der Waals surface area contributed by atoms with Gasteiger partial charge in [-0.05, 0) is 69.9 Å². The van der Waals surface area contributed by atoms with Gasteiger partial charge in [-0.3, -0.25) is 4.90 Å². The maximum absolute atomic E-state index is 10.3. The van der Waals surface area contributed by atoms with Gasteiger partial charge in [0.05, 0.1) is 7.11 Å². The number of benzene rings is 1. The topological polar surface area (TPSA) is 65.4 Å². The van der Waals surface area contributed by atoms with Crippen LogP contribution in [0.2, 0.25) is 0 Å². The number of methoxy groups -OCH3 is 1. The summed E-state index contributed by atoms with van der Waals surface area (Å²) in [5.41, 5.74) is 1.22. The van der Waals surface area contributed by atoms with Gasteiger partial charge in [-0.2, -0.15) is 0 Å². The molecule has 0 radical (unpaired) electrons. The Bertz CT molecular complexity index is 600. The van der Waals surface area contributed by atoms with Crippen molar-refractivity contribution >= 4 is 0 Å². The Kier molecular flexibility index (Phi) is 8.56. The van der Waals surface area contributed by atoms with Crippen LogP contribution >= 0.6 is 0 Å². The second-order valence-electron chi connectivity index (χ2n) is 8.73. The molecule has 0 bridgehead atoms. The zero-order chi connectivity index (χ0) is 20.7. The summed E-state index contributed by atoms with van der Waals surface area (Å²) in [5, 5.41) is 19.8. The number of nitrogens with zero attached hydrogens (tertiary/aromatic N) is 2. The molecule has 0 amide bonds. The molecule has 0 spiro atoms. The number of rotatable bonds is 10. The average Bonchev–Trinajstić information content (AvgIpc) is 2.68. The summed E-state index contributed by atoms with van der Waals surface area (Å²) >= 11 is 0. The van der Waals surface area contributed by atoms with Crippen LogP contribution in [0.4, 0.5) is 0 Å². The first-order valence-electron chi connectivity index (χ1n) is 10.3. The van der Waals surface area contributed by atoms with Crippen LogP contribution in [0.3, 0.4) is 0 Å². The summed E-state index contributed by atoms with van der Waals surface area (Å²) < 4.78 is 11.3. The third kappa shape index (κ3) is 6.62. The van der Waals surface area contributed by atoms with Crippen LogP contribution in [0.1, 0.15) is 39.2 Å². The predicted molar refractivity (Wildman–Crippen MR) is 112 cm³/mol. The van der Waals surface area contributed by atoms with Gasteiger partial charge in [0.2, 0.25) is 0 Å². The van der Waals surface area contributed by atoms with Crippen molar-refractivity contribution in [3.8, 4) is 11.5 Å². The molecule has 160 valence electrons. The highest BCUT2D eigenvalue weighted by Crippen LogP contribution is 2.32. The Hall–Kier alpha value is -1.34. The van der Waals surface area contributed by atoms with E-state index >= 15 is 0 Å². The van der Waals surface area contributed by atoms with E-state index in [9.17, 15) is 10.2 Å². The van der Waals surface area contributed by atoms with Crippen molar-refractivity contribution in [1.82, 2.24) is 9.80 Å². The summed E-state index contributed by atoms with van der Waals surface area (Å²) in [7, 11) is 3.63. The molecule has 1 saturated heterocycles. The van der Waals surface area contributed by atoms with Crippen LogP contribution in [-0.4, -0.2) is 79.2 Å². The Morgan fingerprint density at radius 3 is 2.46 bits per heavy atom. The number of likely N-dealkylation sites (N-methyl/N-ethyl adjacent to an activating group) is 1. The molecular formula is C22H38N2O4. The number of ether oxygens (including phenoxy) is 2. The van der Waals surface area contributed by atoms with Gasteiger partial charge in [0.15, 0.2) is 11.5 Å². The molecule has 1 fully saturated rings. The Morgan fingerprint density at radius 1 is 1.21 bits per heavy atom. The van der Waals surface area contributed by atoms with E-state index in [4.69, 9.17) is 9.47 Å². The second kappa shape index (κ2) is 10.4. The first-order valence-corrected chi connectivity index (χ1v) is 10.3. The van der Waals surface area contributed by atoms with E-state index in [1.54, 1.807) is 7.11 Å². The highest BCUT2D eigenvalue weighted by atomic mass is 16.5. The first-order chi connectivity index (χ1) is 13.3. The largest absolute Gasteiger partial charge is 0.493 e. The van der Waals surface area contributed by atoms with Crippen molar-refractivity contribution in [3.05, 3.63) is 23.8 Å². The predicted octanol–water partition coefficient (Wildman–Crippen LogP) is 2.37. The van der Waals surface area contributed by atoms with Gasteiger partial charge < -0.3 is 24.6 Å². The summed E-state index contributed by atoms with van der Waals surface area (Å²) in [6.45, 7) is 10.2. The lowest BCUT2D eigenvalue weighted by atomic mass is 9.81. The second-order valence-corrected chi connectivity index (χ2v) is 8.73. The maximum atomic E-state index is 10.3. The van der Waals surface area contributed by atoms with Crippen molar-refractivity contribution < 1.29 is 19.7 Å². The van der Waals surface area contributed by atoms with Crippen LogP contribution in [0.5, 0.6) is 11.5 Å². The fourth-order valence-electron chi connectivity index (χ4n) is 3.38. The molecule has 6 heteroatoms. The molecule has 0 saturated carbocycles. The van der Waals surface area contributed by atoms with Crippen molar-refractivity contribution in [2.75, 3.05) is 47.0 Å². The van der Waals surface area contributed by atoms with Gasteiger partial charge in [-0.25, -0.2) is 0 Å². The van der Waals surface area contributed by atoms with Crippen molar-refractivity contribution in [2.24, 2.45) is 5.41 Å². The molecule has 2 N–H and O–H groups in total. The summed E-state index contributed by atoms with van der Waals surface area (Å²) in [4.78, 5) is 4.51. The highest BCUT2D eigenvalue weighted by molar-refractivity contribution is 5.43. The lowest BCUT2D eigenvalue weighted by Crippen LogP contribution is -2.39. The van der Waals surface area contributed by atoms with Gasteiger partial charge in [0, 0.05) is 25.7 Å². The van der Waals surface area contributed by atoms with Crippen molar-refractivity contribution in [2.45, 2.75) is 52.3 Å². The molecule has 2 rings (SSSR count). The molecule has 1 aromatic carbocycles. The normalized spacial score (nSPS) is 18.5. The quantitative estimate of drug-likeness (QED) is 0.635. The minimum atomic E-state index is -0.556. The summed E-state index contributed by atoms with van der Waals surface area (Å²) in [6.07, 6.45) is 1.47. The Labute approximate surface area is 170 Å². The zero-order valence-electron chi connectivity index (χ0n) is 18.1. The van der Waals surface area contributed by atoms with Gasteiger partial charge in [-0.1, -0.05) is 13.0 Å². The fraction of sp³-hybridized carbons (Fsp3) is 0.727. The maximum Gasteiger partial charge on any atom is 0.161 e. The van der Waals surface area contributed by atoms with Crippen LogP contribution in [0.15, 0.2) is 18.2 Å². The van der Waals surface area contributed by atoms with E-state index in [2.05, 4.69) is 36.6 Å². The number of aliphatic hydroxyl groups excluding tert-OH is 2. The zero-order valence-corrected chi connectivity index (χ0v) is 18.1. The first kappa shape index (κ1) is 22.9. The van der Waals surface area contributed by atoms with E-state index in [1.165, 1.54) is 0 Å². The molecule has 0 aromatic heterocycles. The van der Waals surface area contributed by atoms with Gasteiger partial charge in [-0.15, -0.1) is 0 Å².